The van der Waals surface area contributed by atoms with Crippen molar-refractivity contribution in [1.29, 1.82) is 0 Å². The zero-order chi connectivity index (χ0) is 7.40. The van der Waals surface area contributed by atoms with Crippen LogP contribution in [-0.4, -0.2) is 16.6 Å². The Morgan fingerprint density at radius 1 is 1.60 bits per heavy atom. The average molecular weight is 151 g/mol. The summed E-state index contributed by atoms with van der Waals surface area (Å²) >= 11 is 0. The first-order chi connectivity index (χ1) is 4.86. The molecule has 0 saturated carbocycles. The van der Waals surface area contributed by atoms with Gasteiger partial charge in [0.2, 0.25) is 0 Å². The summed E-state index contributed by atoms with van der Waals surface area (Å²) in [6.45, 7) is 2.26. The van der Waals surface area contributed by atoms with E-state index in [0.717, 1.165) is 5.75 Å². The summed E-state index contributed by atoms with van der Waals surface area (Å²) in [6.07, 6.45) is 0. The van der Waals surface area contributed by atoms with E-state index < -0.39 is 0 Å². The van der Waals surface area contributed by atoms with Gasteiger partial charge in [0, 0.05) is 6.07 Å². The van der Waals surface area contributed by atoms with Crippen molar-refractivity contribution in [1.82, 2.24) is 0 Å². The molecule has 0 bridgehead atoms. The van der Waals surface area contributed by atoms with Crippen molar-refractivity contribution in [3.8, 4) is 5.75 Å². The van der Waals surface area contributed by atoms with Crippen molar-refractivity contribution in [2.45, 2.75) is 6.55 Å². The van der Waals surface area contributed by atoms with Crippen molar-refractivity contribution in [2.75, 3.05) is 7.11 Å². The smallest absolute Gasteiger partial charge is 0.126 e. The van der Waals surface area contributed by atoms with Crippen LogP contribution in [0.4, 0.5) is 0 Å². The number of hydrogen-bond donors (Lipinski definition) is 0. The third kappa shape index (κ3) is 1.61. The van der Waals surface area contributed by atoms with Gasteiger partial charge in [-0.1, -0.05) is 23.9 Å². The molecule has 1 aromatic rings. The van der Waals surface area contributed by atoms with Gasteiger partial charge in [-0.25, -0.2) is 0 Å². The second-order valence-electron chi connectivity index (χ2n) is 2.12. The molecule has 0 fully saturated rings. The first-order valence-electron chi connectivity index (χ1n) is 3.41. The molecule has 0 saturated heterocycles. The predicted molar refractivity (Wildman–Crippen MR) is 45.9 cm³/mol. The van der Waals surface area contributed by atoms with E-state index in [0.29, 0.717) is 0 Å². The minimum absolute atomic E-state index is 0.0394. The van der Waals surface area contributed by atoms with Crippen LogP contribution in [0.15, 0.2) is 18.2 Å². The zero-order valence-electron chi connectivity index (χ0n) is 6.35. The lowest BCUT2D eigenvalue weighted by atomic mass is 10.3. The molecule has 1 rings (SSSR count). The monoisotopic (exact) mass is 151 g/mol. The van der Waals surface area contributed by atoms with Crippen LogP contribution in [0.25, 0.3) is 0 Å². The molecule has 2 heteroatoms. The first-order valence-corrected chi connectivity index (χ1v) is 5.53. The van der Waals surface area contributed by atoms with E-state index in [1.165, 1.54) is 5.19 Å². The second-order valence-corrected chi connectivity index (χ2v) is 3.64. The maximum atomic E-state index is 5.02. The fourth-order valence-electron chi connectivity index (χ4n) is 0.827. The van der Waals surface area contributed by atoms with Crippen molar-refractivity contribution in [3.63, 3.8) is 0 Å². The molecule has 1 nitrogen and oxygen atoms in total. The van der Waals surface area contributed by atoms with Gasteiger partial charge in [0.1, 0.15) is 5.75 Å². The highest BCUT2D eigenvalue weighted by Gasteiger charge is 1.91. The Bertz CT molecular complexity index is 191. The molecule has 0 amide bonds. The van der Waals surface area contributed by atoms with E-state index >= 15 is 0 Å². The van der Waals surface area contributed by atoms with E-state index in [9.17, 15) is 0 Å². The molecule has 0 aromatic heterocycles. The van der Waals surface area contributed by atoms with Gasteiger partial charge in [-0.2, -0.15) is 0 Å². The lowest BCUT2D eigenvalue weighted by Crippen LogP contribution is -2.09. The predicted octanol–water partition coefficient (Wildman–Crippen LogP) is 0.338. The second kappa shape index (κ2) is 3.42. The lowest BCUT2D eigenvalue weighted by molar-refractivity contribution is 0.414. The topological polar surface area (TPSA) is 9.23 Å². The van der Waals surface area contributed by atoms with E-state index in [1.54, 1.807) is 7.11 Å². The number of benzene rings is 1. The van der Waals surface area contributed by atoms with E-state index in [1.807, 2.05) is 6.07 Å². The van der Waals surface area contributed by atoms with E-state index in [2.05, 4.69) is 24.7 Å². The molecular formula is C8H11OSi. The van der Waals surface area contributed by atoms with Gasteiger partial charge < -0.3 is 4.74 Å². The SMILES string of the molecule is COc1[c]ccc([SiH2]C)c1. The molecule has 0 aliphatic carbocycles. The van der Waals surface area contributed by atoms with Crippen LogP contribution >= 0.6 is 0 Å². The normalized spacial score (nSPS) is 10.6. The molecule has 53 valence electrons. The van der Waals surface area contributed by atoms with Crippen LogP contribution in [0.1, 0.15) is 0 Å². The van der Waals surface area contributed by atoms with Crippen molar-refractivity contribution in [2.24, 2.45) is 0 Å². The average Bonchev–Trinajstić information content (AvgIpc) is 2.05. The van der Waals surface area contributed by atoms with Gasteiger partial charge >= 0.3 is 0 Å². The maximum absolute atomic E-state index is 5.02. The van der Waals surface area contributed by atoms with E-state index in [4.69, 9.17) is 4.74 Å². The number of methoxy groups -OCH3 is 1. The van der Waals surface area contributed by atoms with Gasteiger partial charge in [0.25, 0.3) is 0 Å². The minimum atomic E-state index is -0.0394. The van der Waals surface area contributed by atoms with E-state index in [-0.39, 0.29) is 9.52 Å². The highest BCUT2D eigenvalue weighted by atomic mass is 28.2. The number of ether oxygens (including phenoxy) is 1. The van der Waals surface area contributed by atoms with Crippen LogP contribution in [0, 0.1) is 6.07 Å². The molecule has 0 aliphatic rings. The Kier molecular flexibility index (Phi) is 2.51. The van der Waals surface area contributed by atoms with Crippen LogP contribution < -0.4 is 9.92 Å². The van der Waals surface area contributed by atoms with Crippen molar-refractivity contribution in [3.05, 3.63) is 24.3 Å². The standard InChI is InChI=1S/C8H11OSi/c1-9-7-4-3-5-8(6-7)10-2/h3,5-6H,10H2,1-2H3. The molecule has 0 spiro atoms. The van der Waals surface area contributed by atoms with Gasteiger partial charge in [-0.15, -0.1) is 0 Å². The lowest BCUT2D eigenvalue weighted by Gasteiger charge is -1.99. The molecule has 0 heterocycles. The molecule has 0 atom stereocenters. The van der Waals surface area contributed by atoms with Crippen molar-refractivity contribution < 1.29 is 4.74 Å². The Morgan fingerprint density at radius 2 is 2.40 bits per heavy atom. The Balaban J connectivity index is 2.87. The molecule has 10 heavy (non-hydrogen) atoms. The van der Waals surface area contributed by atoms with Crippen LogP contribution in [-0.2, 0) is 0 Å². The first kappa shape index (κ1) is 7.35. The summed E-state index contributed by atoms with van der Waals surface area (Å²) in [5.41, 5.74) is 0. The minimum Gasteiger partial charge on any atom is -0.496 e. The summed E-state index contributed by atoms with van der Waals surface area (Å²) in [6, 6.07) is 9.08. The molecule has 0 aliphatic heterocycles. The fraction of sp³-hybridized carbons (Fsp3) is 0.250. The maximum Gasteiger partial charge on any atom is 0.126 e. The molecule has 1 aromatic carbocycles. The molecule has 0 unspecified atom stereocenters. The highest BCUT2D eigenvalue weighted by molar-refractivity contribution is 6.51. The number of hydrogen-bond acceptors (Lipinski definition) is 1. The van der Waals surface area contributed by atoms with Gasteiger partial charge in [-0.3, -0.25) is 0 Å². The van der Waals surface area contributed by atoms with Gasteiger partial charge in [0.05, 0.1) is 16.6 Å². The van der Waals surface area contributed by atoms with Gasteiger partial charge in [-0.05, 0) is 6.07 Å². The summed E-state index contributed by atoms with van der Waals surface area (Å²) in [7, 11) is 1.63. The largest absolute Gasteiger partial charge is 0.496 e. The highest BCUT2D eigenvalue weighted by Crippen LogP contribution is 2.03. The van der Waals surface area contributed by atoms with Crippen LogP contribution in [0.2, 0.25) is 6.55 Å². The summed E-state index contributed by atoms with van der Waals surface area (Å²) < 4.78 is 5.02. The number of rotatable bonds is 2. The summed E-state index contributed by atoms with van der Waals surface area (Å²) in [5.74, 6) is 0.854. The third-order valence-electron chi connectivity index (χ3n) is 1.47. The summed E-state index contributed by atoms with van der Waals surface area (Å²) in [5, 5.41) is 1.43. The zero-order valence-corrected chi connectivity index (χ0v) is 7.76. The van der Waals surface area contributed by atoms with Crippen LogP contribution in [0.5, 0.6) is 5.75 Å². The Labute approximate surface area is 63.8 Å². The summed E-state index contributed by atoms with van der Waals surface area (Å²) in [4.78, 5) is 0. The third-order valence-corrected chi connectivity index (χ3v) is 2.72. The quantitative estimate of drug-likeness (QED) is 0.554. The molecule has 1 radical (unpaired) electrons. The van der Waals surface area contributed by atoms with Crippen molar-refractivity contribution >= 4 is 14.7 Å². The molecular weight excluding hydrogens is 140 g/mol. The fourth-order valence-corrected chi connectivity index (χ4v) is 1.57. The van der Waals surface area contributed by atoms with Gasteiger partial charge in [0.15, 0.2) is 0 Å². The Morgan fingerprint density at radius 3 is 3.00 bits per heavy atom. The Hall–Kier alpha value is -0.763. The van der Waals surface area contributed by atoms with Crippen LogP contribution in [0.3, 0.4) is 0 Å². The molecule has 0 N–H and O–H groups in total.